The van der Waals surface area contributed by atoms with Crippen molar-refractivity contribution < 1.29 is 9.84 Å². The van der Waals surface area contributed by atoms with Crippen LogP contribution in [0.3, 0.4) is 0 Å². The van der Waals surface area contributed by atoms with E-state index in [1.807, 2.05) is 11.6 Å². The largest absolute Gasteiger partial charge is 0.389 e. The van der Waals surface area contributed by atoms with Gasteiger partial charge >= 0.3 is 0 Å². The molecule has 0 aliphatic rings. The first-order valence-electron chi connectivity index (χ1n) is 5.02. The van der Waals surface area contributed by atoms with Gasteiger partial charge in [-0.15, -0.1) is 0 Å². The Morgan fingerprint density at radius 3 is 3.13 bits per heavy atom. The van der Waals surface area contributed by atoms with E-state index in [4.69, 9.17) is 4.74 Å². The predicted octanol–water partition coefficient (Wildman–Crippen LogP) is -0.605. The molecule has 0 aliphatic heterocycles. The predicted molar refractivity (Wildman–Crippen MR) is 55.3 cm³/mol. The molecule has 1 unspecified atom stereocenters. The summed E-state index contributed by atoms with van der Waals surface area (Å²) < 4.78 is 6.63. The lowest BCUT2D eigenvalue weighted by Gasteiger charge is -2.10. The fourth-order valence-corrected chi connectivity index (χ4v) is 1.29. The molecule has 0 saturated carbocycles. The number of aromatic nitrogens is 3. The first-order chi connectivity index (χ1) is 7.27. The summed E-state index contributed by atoms with van der Waals surface area (Å²) in [6, 6.07) is 0. The summed E-state index contributed by atoms with van der Waals surface area (Å²) in [5, 5.41) is 16.5. The van der Waals surface area contributed by atoms with Gasteiger partial charge in [-0.1, -0.05) is 0 Å². The van der Waals surface area contributed by atoms with Crippen LogP contribution >= 0.6 is 0 Å². The van der Waals surface area contributed by atoms with Gasteiger partial charge in [0.1, 0.15) is 12.2 Å². The standard InChI is InChI=1S/C9H18N4O2/c1-3-13-9(11-7-12-13)5-10-4-8(14)6-15-2/h7-8,10,14H,3-6H2,1-2H3. The smallest absolute Gasteiger partial charge is 0.140 e. The number of rotatable bonds is 7. The van der Waals surface area contributed by atoms with Crippen LogP contribution in [0.25, 0.3) is 0 Å². The number of ether oxygens (including phenoxy) is 1. The Morgan fingerprint density at radius 1 is 1.67 bits per heavy atom. The van der Waals surface area contributed by atoms with Gasteiger partial charge in [-0.05, 0) is 6.92 Å². The van der Waals surface area contributed by atoms with E-state index < -0.39 is 6.10 Å². The molecule has 1 atom stereocenters. The molecule has 1 aromatic rings. The zero-order valence-corrected chi connectivity index (χ0v) is 9.18. The van der Waals surface area contributed by atoms with E-state index in [9.17, 15) is 5.11 Å². The van der Waals surface area contributed by atoms with Crippen molar-refractivity contribution in [2.75, 3.05) is 20.3 Å². The fourth-order valence-electron chi connectivity index (χ4n) is 1.29. The Hall–Kier alpha value is -0.980. The fraction of sp³-hybridized carbons (Fsp3) is 0.778. The maximum atomic E-state index is 9.37. The van der Waals surface area contributed by atoms with Crippen LogP contribution in [0.4, 0.5) is 0 Å². The molecular formula is C9H18N4O2. The molecule has 86 valence electrons. The van der Waals surface area contributed by atoms with Crippen LogP contribution in [-0.4, -0.2) is 46.2 Å². The van der Waals surface area contributed by atoms with Crippen molar-refractivity contribution in [3.05, 3.63) is 12.2 Å². The van der Waals surface area contributed by atoms with Crippen LogP contribution in [-0.2, 0) is 17.8 Å². The molecule has 0 bridgehead atoms. The van der Waals surface area contributed by atoms with Gasteiger partial charge < -0.3 is 15.2 Å². The SMILES string of the molecule is CCn1ncnc1CNCC(O)COC. The van der Waals surface area contributed by atoms with E-state index in [0.29, 0.717) is 19.7 Å². The number of aryl methyl sites for hydroxylation is 1. The number of nitrogens with one attached hydrogen (secondary N) is 1. The monoisotopic (exact) mass is 214 g/mol. The molecule has 0 aromatic carbocycles. The molecule has 6 heteroatoms. The summed E-state index contributed by atoms with van der Waals surface area (Å²) in [7, 11) is 1.57. The normalized spacial score (nSPS) is 13.0. The zero-order valence-electron chi connectivity index (χ0n) is 9.18. The highest BCUT2D eigenvalue weighted by Crippen LogP contribution is 1.93. The highest BCUT2D eigenvalue weighted by molar-refractivity contribution is 4.83. The summed E-state index contributed by atoms with van der Waals surface area (Å²) in [6.45, 7) is 4.25. The topological polar surface area (TPSA) is 72.2 Å². The van der Waals surface area contributed by atoms with E-state index in [2.05, 4.69) is 15.4 Å². The highest BCUT2D eigenvalue weighted by atomic mass is 16.5. The third-order valence-corrected chi connectivity index (χ3v) is 2.02. The van der Waals surface area contributed by atoms with Gasteiger partial charge in [-0.3, -0.25) is 0 Å². The molecule has 0 fully saturated rings. The first-order valence-corrected chi connectivity index (χ1v) is 5.02. The van der Waals surface area contributed by atoms with Gasteiger partial charge in [-0.25, -0.2) is 9.67 Å². The number of nitrogens with zero attached hydrogens (tertiary/aromatic N) is 3. The second-order valence-corrected chi connectivity index (χ2v) is 3.23. The Labute approximate surface area is 89.3 Å². The summed E-state index contributed by atoms with van der Waals surface area (Å²) in [6.07, 6.45) is 1.06. The maximum Gasteiger partial charge on any atom is 0.140 e. The highest BCUT2D eigenvalue weighted by Gasteiger charge is 2.05. The van der Waals surface area contributed by atoms with E-state index in [0.717, 1.165) is 12.4 Å². The Kier molecular flexibility index (Phi) is 5.23. The van der Waals surface area contributed by atoms with Crippen molar-refractivity contribution in [3.8, 4) is 0 Å². The summed E-state index contributed by atoms with van der Waals surface area (Å²) >= 11 is 0. The molecule has 1 aromatic heterocycles. The van der Waals surface area contributed by atoms with E-state index >= 15 is 0 Å². The number of hydrogen-bond donors (Lipinski definition) is 2. The number of hydrogen-bond acceptors (Lipinski definition) is 5. The van der Waals surface area contributed by atoms with E-state index in [1.165, 1.54) is 6.33 Å². The minimum atomic E-state index is -0.479. The van der Waals surface area contributed by atoms with Crippen LogP contribution in [0, 0.1) is 0 Å². The van der Waals surface area contributed by atoms with Crippen LogP contribution in [0.1, 0.15) is 12.7 Å². The molecule has 1 heterocycles. The Bertz CT molecular complexity index is 277. The van der Waals surface area contributed by atoms with Crippen molar-refractivity contribution >= 4 is 0 Å². The number of methoxy groups -OCH3 is 1. The molecule has 15 heavy (non-hydrogen) atoms. The van der Waals surface area contributed by atoms with Crippen molar-refractivity contribution in [1.82, 2.24) is 20.1 Å². The van der Waals surface area contributed by atoms with Crippen LogP contribution in [0.15, 0.2) is 6.33 Å². The van der Waals surface area contributed by atoms with Gasteiger partial charge in [0.15, 0.2) is 0 Å². The molecule has 0 radical (unpaired) electrons. The van der Waals surface area contributed by atoms with Gasteiger partial charge in [0, 0.05) is 20.2 Å². The second kappa shape index (κ2) is 6.49. The Balaban J connectivity index is 2.25. The average molecular weight is 214 g/mol. The van der Waals surface area contributed by atoms with Gasteiger partial charge in [0.05, 0.1) is 19.3 Å². The number of aliphatic hydroxyl groups is 1. The lowest BCUT2D eigenvalue weighted by molar-refractivity contribution is 0.0642. The lowest BCUT2D eigenvalue weighted by atomic mass is 10.4. The van der Waals surface area contributed by atoms with Crippen molar-refractivity contribution in [1.29, 1.82) is 0 Å². The summed E-state index contributed by atoms with van der Waals surface area (Å²) in [4.78, 5) is 4.11. The van der Waals surface area contributed by atoms with Crippen LogP contribution < -0.4 is 5.32 Å². The third kappa shape index (κ3) is 3.94. The average Bonchev–Trinajstić information content (AvgIpc) is 2.66. The summed E-state index contributed by atoms with van der Waals surface area (Å²) in [5.41, 5.74) is 0. The van der Waals surface area contributed by atoms with Crippen LogP contribution in [0.5, 0.6) is 0 Å². The molecule has 0 amide bonds. The van der Waals surface area contributed by atoms with Crippen molar-refractivity contribution in [3.63, 3.8) is 0 Å². The number of aliphatic hydroxyl groups excluding tert-OH is 1. The third-order valence-electron chi connectivity index (χ3n) is 2.02. The Morgan fingerprint density at radius 2 is 2.47 bits per heavy atom. The molecule has 0 aliphatic carbocycles. The van der Waals surface area contributed by atoms with Gasteiger partial charge in [0.2, 0.25) is 0 Å². The van der Waals surface area contributed by atoms with Crippen molar-refractivity contribution in [2.45, 2.75) is 26.1 Å². The molecule has 0 saturated heterocycles. The van der Waals surface area contributed by atoms with E-state index in [1.54, 1.807) is 7.11 Å². The summed E-state index contributed by atoms with van der Waals surface area (Å²) in [5.74, 6) is 0.877. The lowest BCUT2D eigenvalue weighted by Crippen LogP contribution is -2.30. The minimum Gasteiger partial charge on any atom is -0.389 e. The maximum absolute atomic E-state index is 9.37. The molecule has 1 rings (SSSR count). The molecule has 0 spiro atoms. The van der Waals surface area contributed by atoms with Crippen molar-refractivity contribution in [2.24, 2.45) is 0 Å². The van der Waals surface area contributed by atoms with E-state index in [-0.39, 0.29) is 0 Å². The van der Waals surface area contributed by atoms with Gasteiger partial charge in [-0.2, -0.15) is 5.10 Å². The molecule has 6 nitrogen and oxygen atoms in total. The minimum absolute atomic E-state index is 0.341. The first kappa shape index (κ1) is 12.1. The van der Waals surface area contributed by atoms with Gasteiger partial charge in [0.25, 0.3) is 0 Å². The zero-order chi connectivity index (χ0) is 11.1. The van der Waals surface area contributed by atoms with Crippen LogP contribution in [0.2, 0.25) is 0 Å². The second-order valence-electron chi connectivity index (χ2n) is 3.23. The molecule has 2 N–H and O–H groups in total. The quantitative estimate of drug-likeness (QED) is 0.634. The molecular weight excluding hydrogens is 196 g/mol.